The Balaban J connectivity index is 3.36. The van der Waals surface area contributed by atoms with Crippen LogP contribution < -0.4 is 0 Å². The van der Waals surface area contributed by atoms with Crippen molar-refractivity contribution in [3.8, 4) is 5.75 Å². The first-order valence-corrected chi connectivity index (χ1v) is 5.28. The van der Waals surface area contributed by atoms with Crippen molar-refractivity contribution in [2.24, 2.45) is 0 Å². The second-order valence-corrected chi connectivity index (χ2v) is 4.19. The molecule has 1 heteroatoms. The van der Waals surface area contributed by atoms with Gasteiger partial charge in [-0.25, -0.2) is 0 Å². The van der Waals surface area contributed by atoms with Crippen molar-refractivity contribution in [2.75, 3.05) is 0 Å². The van der Waals surface area contributed by atoms with Crippen molar-refractivity contribution in [1.82, 2.24) is 0 Å². The second kappa shape index (κ2) is 4.04. The van der Waals surface area contributed by atoms with Gasteiger partial charge in [-0.2, -0.15) is 0 Å². The molecule has 0 saturated carbocycles. The maximum Gasteiger partial charge on any atom is 0.119 e. The fourth-order valence-electron chi connectivity index (χ4n) is 1.91. The topological polar surface area (TPSA) is 20.2 Å². The number of phenolic OH excluding ortho intramolecular Hbond substituents is 1. The summed E-state index contributed by atoms with van der Waals surface area (Å²) in [7, 11) is 0. The van der Waals surface area contributed by atoms with Gasteiger partial charge in [-0.1, -0.05) is 13.8 Å². The van der Waals surface area contributed by atoms with Gasteiger partial charge in [-0.3, -0.25) is 0 Å². The predicted octanol–water partition coefficient (Wildman–Crippen LogP) is 3.83. The van der Waals surface area contributed by atoms with Crippen molar-refractivity contribution in [3.05, 3.63) is 28.3 Å². The summed E-state index contributed by atoms with van der Waals surface area (Å²) in [6, 6.07) is 1.88. The monoisotopic (exact) mass is 192 g/mol. The lowest BCUT2D eigenvalue weighted by Gasteiger charge is -2.18. The van der Waals surface area contributed by atoms with Crippen LogP contribution in [0.5, 0.6) is 5.75 Å². The van der Waals surface area contributed by atoms with E-state index in [0.29, 0.717) is 11.7 Å². The van der Waals surface area contributed by atoms with E-state index in [9.17, 15) is 5.11 Å². The van der Waals surface area contributed by atoms with Crippen molar-refractivity contribution < 1.29 is 5.11 Å². The molecule has 0 aromatic heterocycles. The molecule has 0 bridgehead atoms. The Morgan fingerprint density at radius 2 is 1.79 bits per heavy atom. The number of hydrogen-bond donors (Lipinski definition) is 1. The van der Waals surface area contributed by atoms with Gasteiger partial charge in [-0.05, 0) is 61.4 Å². The molecule has 1 rings (SSSR count). The van der Waals surface area contributed by atoms with E-state index in [-0.39, 0.29) is 0 Å². The standard InChI is InChI=1S/C13H20O/c1-6-8(2)13-11(5)10(4)9(3)7-12(13)14/h7-8,14H,6H2,1-5H3. The first kappa shape index (κ1) is 11.1. The zero-order valence-electron chi connectivity index (χ0n) is 9.81. The minimum Gasteiger partial charge on any atom is -0.508 e. The van der Waals surface area contributed by atoms with E-state index in [1.165, 1.54) is 16.7 Å². The molecular formula is C13H20O. The van der Waals surface area contributed by atoms with Gasteiger partial charge in [-0.15, -0.1) is 0 Å². The predicted molar refractivity (Wildman–Crippen MR) is 61.0 cm³/mol. The summed E-state index contributed by atoms with van der Waals surface area (Å²) in [4.78, 5) is 0. The lowest BCUT2D eigenvalue weighted by molar-refractivity contribution is 0.460. The zero-order valence-corrected chi connectivity index (χ0v) is 9.81. The molecule has 1 nitrogen and oxygen atoms in total. The number of rotatable bonds is 2. The Labute approximate surface area is 86.8 Å². The third kappa shape index (κ3) is 1.77. The smallest absolute Gasteiger partial charge is 0.119 e. The van der Waals surface area contributed by atoms with Gasteiger partial charge < -0.3 is 5.11 Å². The Morgan fingerprint density at radius 3 is 2.29 bits per heavy atom. The number of aryl methyl sites for hydroxylation is 1. The molecule has 0 aliphatic rings. The molecule has 0 spiro atoms. The van der Waals surface area contributed by atoms with Gasteiger partial charge in [0, 0.05) is 0 Å². The van der Waals surface area contributed by atoms with Crippen molar-refractivity contribution in [2.45, 2.75) is 47.0 Å². The van der Waals surface area contributed by atoms with Crippen LogP contribution in [0.2, 0.25) is 0 Å². The molecule has 0 radical (unpaired) electrons. The highest BCUT2D eigenvalue weighted by molar-refractivity contribution is 5.49. The molecule has 0 heterocycles. The molecular weight excluding hydrogens is 172 g/mol. The summed E-state index contributed by atoms with van der Waals surface area (Å²) >= 11 is 0. The SMILES string of the molecule is CCC(C)c1c(O)cc(C)c(C)c1C. The van der Waals surface area contributed by atoms with Crippen molar-refractivity contribution in [3.63, 3.8) is 0 Å². The Kier molecular flexibility index (Phi) is 3.20. The van der Waals surface area contributed by atoms with E-state index in [0.717, 1.165) is 12.0 Å². The molecule has 0 saturated heterocycles. The van der Waals surface area contributed by atoms with Gasteiger partial charge in [0.1, 0.15) is 5.75 Å². The lowest BCUT2D eigenvalue weighted by Crippen LogP contribution is -1.99. The summed E-state index contributed by atoms with van der Waals surface area (Å²) < 4.78 is 0. The Morgan fingerprint density at radius 1 is 1.21 bits per heavy atom. The summed E-state index contributed by atoms with van der Waals surface area (Å²) in [5, 5.41) is 9.90. The minimum atomic E-state index is 0.439. The molecule has 14 heavy (non-hydrogen) atoms. The third-order valence-electron chi connectivity index (χ3n) is 3.29. The van der Waals surface area contributed by atoms with Crippen LogP contribution in [0.1, 0.15) is 48.4 Å². The second-order valence-electron chi connectivity index (χ2n) is 4.19. The quantitative estimate of drug-likeness (QED) is 0.755. The maximum absolute atomic E-state index is 9.90. The first-order valence-electron chi connectivity index (χ1n) is 5.28. The van der Waals surface area contributed by atoms with E-state index in [4.69, 9.17) is 0 Å². The highest BCUT2D eigenvalue weighted by Gasteiger charge is 2.14. The Hall–Kier alpha value is -0.980. The van der Waals surface area contributed by atoms with Gasteiger partial charge in [0.15, 0.2) is 0 Å². The lowest BCUT2D eigenvalue weighted by atomic mass is 9.89. The molecule has 1 aromatic carbocycles. The average molecular weight is 192 g/mol. The summed E-state index contributed by atoms with van der Waals surface area (Å²) in [6.07, 6.45) is 1.07. The van der Waals surface area contributed by atoms with Gasteiger partial charge in [0.05, 0.1) is 0 Å². The normalized spacial score (nSPS) is 12.9. The van der Waals surface area contributed by atoms with Crippen LogP contribution >= 0.6 is 0 Å². The molecule has 0 aliphatic heterocycles. The molecule has 0 fully saturated rings. The summed E-state index contributed by atoms with van der Waals surface area (Å²) in [6.45, 7) is 10.6. The van der Waals surface area contributed by atoms with Crippen LogP contribution in [-0.4, -0.2) is 5.11 Å². The molecule has 1 N–H and O–H groups in total. The highest BCUT2D eigenvalue weighted by atomic mass is 16.3. The zero-order chi connectivity index (χ0) is 10.9. The van der Waals surface area contributed by atoms with Crippen LogP contribution in [0.3, 0.4) is 0 Å². The van der Waals surface area contributed by atoms with Crippen LogP contribution in [-0.2, 0) is 0 Å². The average Bonchev–Trinajstić information content (AvgIpc) is 2.14. The van der Waals surface area contributed by atoms with E-state index in [2.05, 4.69) is 27.7 Å². The number of aromatic hydroxyl groups is 1. The minimum absolute atomic E-state index is 0.439. The molecule has 78 valence electrons. The Bertz CT molecular complexity index is 340. The number of hydrogen-bond acceptors (Lipinski definition) is 1. The number of benzene rings is 1. The first-order chi connectivity index (χ1) is 6.49. The summed E-state index contributed by atoms with van der Waals surface area (Å²) in [5.41, 5.74) is 4.85. The molecule has 0 amide bonds. The fraction of sp³-hybridized carbons (Fsp3) is 0.538. The molecule has 1 atom stereocenters. The number of phenols is 1. The van der Waals surface area contributed by atoms with E-state index < -0.39 is 0 Å². The largest absolute Gasteiger partial charge is 0.508 e. The van der Waals surface area contributed by atoms with Crippen LogP contribution in [0, 0.1) is 20.8 Å². The third-order valence-corrected chi connectivity index (χ3v) is 3.29. The van der Waals surface area contributed by atoms with Crippen molar-refractivity contribution in [1.29, 1.82) is 0 Å². The van der Waals surface area contributed by atoms with E-state index in [1.807, 2.05) is 13.0 Å². The van der Waals surface area contributed by atoms with Crippen LogP contribution in [0.4, 0.5) is 0 Å². The molecule has 1 unspecified atom stereocenters. The van der Waals surface area contributed by atoms with E-state index in [1.54, 1.807) is 0 Å². The van der Waals surface area contributed by atoms with Crippen LogP contribution in [0.25, 0.3) is 0 Å². The fourth-order valence-corrected chi connectivity index (χ4v) is 1.91. The maximum atomic E-state index is 9.90. The van der Waals surface area contributed by atoms with Gasteiger partial charge >= 0.3 is 0 Å². The van der Waals surface area contributed by atoms with Crippen molar-refractivity contribution >= 4 is 0 Å². The van der Waals surface area contributed by atoms with E-state index >= 15 is 0 Å². The highest BCUT2D eigenvalue weighted by Crippen LogP contribution is 2.34. The summed E-state index contributed by atoms with van der Waals surface area (Å²) in [5.74, 6) is 0.897. The van der Waals surface area contributed by atoms with Crippen LogP contribution in [0.15, 0.2) is 6.07 Å². The molecule has 1 aromatic rings. The van der Waals surface area contributed by atoms with Gasteiger partial charge in [0.2, 0.25) is 0 Å². The molecule has 0 aliphatic carbocycles. The van der Waals surface area contributed by atoms with Gasteiger partial charge in [0.25, 0.3) is 0 Å².